The van der Waals surface area contributed by atoms with E-state index in [-0.39, 0.29) is 6.61 Å². The van der Waals surface area contributed by atoms with E-state index in [1.165, 1.54) is 0 Å². The molecule has 0 amide bonds. The van der Waals surface area contributed by atoms with Crippen molar-refractivity contribution in [2.75, 3.05) is 19.0 Å². The highest BCUT2D eigenvalue weighted by atomic mass is 32.2. The van der Waals surface area contributed by atoms with Crippen molar-refractivity contribution in [2.45, 2.75) is 24.9 Å². The van der Waals surface area contributed by atoms with E-state index in [0.717, 1.165) is 12.8 Å². The Bertz CT molecular complexity index is 252. The van der Waals surface area contributed by atoms with Gasteiger partial charge in [0.05, 0.1) is 6.61 Å². The van der Waals surface area contributed by atoms with Gasteiger partial charge < -0.3 is 9.84 Å². The first-order valence-corrected chi connectivity index (χ1v) is 5.78. The third-order valence-corrected chi connectivity index (χ3v) is 3.06. The second-order valence-electron chi connectivity index (χ2n) is 3.37. The van der Waals surface area contributed by atoms with E-state index in [9.17, 15) is 8.42 Å². The molecule has 0 aromatic carbocycles. The fraction of sp³-hybridized carbons (Fsp3) is 1.00. The number of aliphatic hydroxyl groups is 1. The first kappa shape index (κ1) is 10.9. The van der Waals surface area contributed by atoms with Gasteiger partial charge in [0, 0.05) is 6.61 Å². The van der Waals surface area contributed by atoms with Gasteiger partial charge in [-0.25, -0.2) is 0 Å². The molecule has 0 spiro atoms. The molecule has 1 aliphatic heterocycles. The van der Waals surface area contributed by atoms with Crippen LogP contribution < -0.4 is 0 Å². The van der Waals surface area contributed by atoms with Crippen LogP contribution in [0.25, 0.3) is 0 Å². The number of ether oxygens (including phenoxy) is 1. The molecular formula is C7H14O5S. The van der Waals surface area contributed by atoms with Crippen molar-refractivity contribution in [3.8, 4) is 0 Å². The van der Waals surface area contributed by atoms with Crippen molar-refractivity contribution in [2.24, 2.45) is 0 Å². The van der Waals surface area contributed by atoms with E-state index in [1.807, 2.05) is 0 Å². The number of rotatable bonds is 3. The van der Waals surface area contributed by atoms with Crippen LogP contribution in [-0.4, -0.2) is 42.6 Å². The Morgan fingerprint density at radius 1 is 1.38 bits per heavy atom. The fourth-order valence-corrected chi connectivity index (χ4v) is 2.51. The van der Waals surface area contributed by atoms with Crippen LogP contribution in [0.3, 0.4) is 0 Å². The highest BCUT2D eigenvalue weighted by molar-refractivity contribution is 7.85. The zero-order valence-corrected chi connectivity index (χ0v) is 8.09. The summed E-state index contributed by atoms with van der Waals surface area (Å²) in [4.78, 5) is 0. The molecule has 0 bridgehead atoms. The molecule has 6 heteroatoms. The molecule has 0 radical (unpaired) electrons. The average Bonchev–Trinajstić information content (AvgIpc) is 2.03. The minimum atomic E-state index is -4.08. The maximum Gasteiger partial charge on any atom is 0.267 e. The lowest BCUT2D eigenvalue weighted by Gasteiger charge is -2.34. The summed E-state index contributed by atoms with van der Waals surface area (Å²) in [6, 6.07) is 0. The molecule has 1 aliphatic rings. The van der Waals surface area contributed by atoms with Gasteiger partial charge in [-0.3, -0.25) is 4.55 Å². The van der Waals surface area contributed by atoms with E-state index in [1.54, 1.807) is 0 Å². The van der Waals surface area contributed by atoms with Crippen LogP contribution in [0.4, 0.5) is 0 Å². The van der Waals surface area contributed by atoms with Gasteiger partial charge >= 0.3 is 0 Å². The van der Waals surface area contributed by atoms with E-state index in [4.69, 9.17) is 14.4 Å². The quantitative estimate of drug-likeness (QED) is 0.630. The summed E-state index contributed by atoms with van der Waals surface area (Å²) in [5.74, 6) is -0.517. The number of hydrogen-bond acceptors (Lipinski definition) is 4. The summed E-state index contributed by atoms with van der Waals surface area (Å²) in [6.07, 6.45) is 2.16. The van der Waals surface area contributed by atoms with Crippen LogP contribution >= 0.6 is 0 Å². The predicted octanol–water partition coefficient (Wildman–Crippen LogP) is -0.194. The molecule has 1 rings (SSSR count). The van der Waals surface area contributed by atoms with Gasteiger partial charge in [0.15, 0.2) is 0 Å². The van der Waals surface area contributed by atoms with Crippen molar-refractivity contribution in [3.05, 3.63) is 0 Å². The summed E-state index contributed by atoms with van der Waals surface area (Å²) >= 11 is 0. The second kappa shape index (κ2) is 3.91. The van der Waals surface area contributed by atoms with Crippen LogP contribution in [0, 0.1) is 0 Å². The summed E-state index contributed by atoms with van der Waals surface area (Å²) in [5, 5.41) is 9.00. The van der Waals surface area contributed by atoms with Gasteiger partial charge in [-0.05, 0) is 19.3 Å². The van der Waals surface area contributed by atoms with Crippen LogP contribution in [0.2, 0.25) is 0 Å². The maximum atomic E-state index is 10.6. The van der Waals surface area contributed by atoms with Crippen molar-refractivity contribution < 1.29 is 22.8 Å². The first-order chi connectivity index (χ1) is 5.97. The van der Waals surface area contributed by atoms with E-state index < -0.39 is 21.5 Å². The molecule has 5 nitrogen and oxygen atoms in total. The molecule has 1 atom stereocenters. The van der Waals surface area contributed by atoms with E-state index in [2.05, 4.69) is 0 Å². The van der Waals surface area contributed by atoms with Gasteiger partial charge in [0.25, 0.3) is 10.1 Å². The number of hydrogen-bond donors (Lipinski definition) is 2. The van der Waals surface area contributed by atoms with Crippen LogP contribution in [-0.2, 0) is 14.9 Å². The third kappa shape index (κ3) is 3.22. The van der Waals surface area contributed by atoms with Crippen molar-refractivity contribution >= 4 is 10.1 Å². The second-order valence-corrected chi connectivity index (χ2v) is 4.83. The molecular weight excluding hydrogens is 196 g/mol. The minimum absolute atomic E-state index is 0.368. The monoisotopic (exact) mass is 210 g/mol. The Morgan fingerprint density at radius 2 is 2.08 bits per heavy atom. The van der Waals surface area contributed by atoms with Gasteiger partial charge in [-0.1, -0.05) is 0 Å². The molecule has 1 fully saturated rings. The summed E-state index contributed by atoms with van der Waals surface area (Å²) in [6.45, 7) is 0.0723. The fourth-order valence-electron chi connectivity index (χ4n) is 1.53. The molecule has 0 saturated carbocycles. The molecule has 0 aliphatic carbocycles. The predicted molar refractivity (Wildman–Crippen MR) is 46.0 cm³/mol. The van der Waals surface area contributed by atoms with Gasteiger partial charge in [-0.15, -0.1) is 0 Å². The Hall–Kier alpha value is -0.170. The normalized spacial score (nSPS) is 30.3. The smallest absolute Gasteiger partial charge is 0.267 e. The van der Waals surface area contributed by atoms with Crippen LogP contribution in [0.1, 0.15) is 19.3 Å². The van der Waals surface area contributed by atoms with Gasteiger partial charge in [-0.2, -0.15) is 8.42 Å². The molecule has 13 heavy (non-hydrogen) atoms. The summed E-state index contributed by atoms with van der Waals surface area (Å²) < 4.78 is 35.1. The average molecular weight is 210 g/mol. The Labute approximate surface area is 77.5 Å². The van der Waals surface area contributed by atoms with Crippen molar-refractivity contribution in [3.63, 3.8) is 0 Å². The molecule has 1 unspecified atom stereocenters. The zero-order valence-electron chi connectivity index (χ0n) is 7.27. The standard InChI is InChI=1S/C7H14O5S/c8-5-7(6-13(9,10)11)3-1-2-4-12-7/h8H,1-6H2,(H,9,10,11). The summed E-state index contributed by atoms with van der Waals surface area (Å²) in [5.41, 5.74) is -1.08. The molecule has 78 valence electrons. The molecule has 2 N–H and O–H groups in total. The summed E-state index contributed by atoms with van der Waals surface area (Å²) in [7, 11) is -4.08. The topological polar surface area (TPSA) is 83.8 Å². The van der Waals surface area contributed by atoms with E-state index >= 15 is 0 Å². The highest BCUT2D eigenvalue weighted by Gasteiger charge is 2.36. The van der Waals surface area contributed by atoms with Gasteiger partial charge in [0.1, 0.15) is 11.4 Å². The lowest BCUT2D eigenvalue weighted by Crippen LogP contribution is -2.45. The highest BCUT2D eigenvalue weighted by Crippen LogP contribution is 2.25. The Balaban J connectivity index is 2.68. The van der Waals surface area contributed by atoms with E-state index in [0.29, 0.717) is 13.0 Å². The number of aliphatic hydroxyl groups excluding tert-OH is 1. The molecule has 1 heterocycles. The minimum Gasteiger partial charge on any atom is -0.393 e. The third-order valence-electron chi connectivity index (χ3n) is 2.17. The zero-order chi connectivity index (χ0) is 9.95. The molecule has 1 saturated heterocycles. The Morgan fingerprint density at radius 3 is 2.46 bits per heavy atom. The Kier molecular flexibility index (Phi) is 3.28. The van der Waals surface area contributed by atoms with Crippen molar-refractivity contribution in [1.29, 1.82) is 0 Å². The van der Waals surface area contributed by atoms with Crippen molar-refractivity contribution in [1.82, 2.24) is 0 Å². The van der Waals surface area contributed by atoms with Crippen LogP contribution in [0.15, 0.2) is 0 Å². The largest absolute Gasteiger partial charge is 0.393 e. The maximum absolute atomic E-state index is 10.6. The molecule has 0 aromatic rings. The lowest BCUT2D eigenvalue weighted by atomic mass is 9.97. The SMILES string of the molecule is O=S(=O)(O)CC1(CO)CCCCO1. The molecule has 0 aromatic heterocycles. The lowest BCUT2D eigenvalue weighted by molar-refractivity contribution is -0.0926. The first-order valence-electron chi connectivity index (χ1n) is 4.17. The van der Waals surface area contributed by atoms with Crippen LogP contribution in [0.5, 0.6) is 0 Å². The van der Waals surface area contributed by atoms with Gasteiger partial charge in [0.2, 0.25) is 0 Å².